The number of nitrogens with one attached hydrogen (secondary N) is 1. The number of anilines is 1. The number of para-hydroxylation sites is 1. The maximum atomic E-state index is 12.7. The number of ether oxygens (including phenoxy) is 2. The number of alkyl halides is 2. The third kappa shape index (κ3) is 4.00. The van der Waals surface area contributed by atoms with Gasteiger partial charge in [0.05, 0.1) is 24.5 Å². The highest BCUT2D eigenvalue weighted by Gasteiger charge is 2.14. The molecule has 0 atom stereocenters. The van der Waals surface area contributed by atoms with Crippen molar-refractivity contribution in [2.75, 3.05) is 12.5 Å². The van der Waals surface area contributed by atoms with Crippen LogP contribution in [0.1, 0.15) is 5.56 Å². The molecular weight excluding hydrogens is 364 g/mol. The summed E-state index contributed by atoms with van der Waals surface area (Å²) in [5.41, 5.74) is 4.63. The second-order valence-electron chi connectivity index (χ2n) is 5.15. The molecule has 0 saturated carbocycles. The molecule has 0 saturated heterocycles. The van der Waals surface area contributed by atoms with E-state index >= 15 is 0 Å². The second-order valence-corrected chi connectivity index (χ2v) is 5.58. The smallest absolute Gasteiger partial charge is 0.387 e. The van der Waals surface area contributed by atoms with Gasteiger partial charge in [0, 0.05) is 22.2 Å². The van der Waals surface area contributed by atoms with Crippen LogP contribution in [0.4, 0.5) is 14.5 Å². The summed E-state index contributed by atoms with van der Waals surface area (Å²) in [4.78, 5) is 4.24. The van der Waals surface area contributed by atoms with E-state index in [1.54, 1.807) is 36.5 Å². The van der Waals surface area contributed by atoms with Crippen molar-refractivity contribution in [3.8, 4) is 11.5 Å². The fourth-order valence-corrected chi connectivity index (χ4v) is 2.57. The Morgan fingerprint density at radius 3 is 2.85 bits per heavy atom. The number of nitrogens with zero attached hydrogens (tertiary/aromatic N) is 2. The van der Waals surface area contributed by atoms with E-state index in [0.717, 1.165) is 5.39 Å². The summed E-state index contributed by atoms with van der Waals surface area (Å²) >= 11 is 5.97. The molecule has 26 heavy (non-hydrogen) atoms. The van der Waals surface area contributed by atoms with E-state index in [2.05, 4.69) is 20.2 Å². The van der Waals surface area contributed by atoms with Crippen molar-refractivity contribution in [2.24, 2.45) is 5.10 Å². The van der Waals surface area contributed by atoms with Crippen LogP contribution in [0.5, 0.6) is 11.5 Å². The highest BCUT2D eigenvalue weighted by Crippen LogP contribution is 2.31. The van der Waals surface area contributed by atoms with Gasteiger partial charge >= 0.3 is 6.61 Å². The fraction of sp³-hybridized carbons (Fsp3) is 0.111. The van der Waals surface area contributed by atoms with Crippen LogP contribution in [0.25, 0.3) is 10.9 Å². The molecule has 5 nitrogen and oxygen atoms in total. The number of aromatic nitrogens is 1. The van der Waals surface area contributed by atoms with Gasteiger partial charge in [0.1, 0.15) is 0 Å². The zero-order valence-electron chi connectivity index (χ0n) is 13.6. The van der Waals surface area contributed by atoms with Crippen LogP contribution in [0.15, 0.2) is 53.8 Å². The number of hydrogen-bond donors (Lipinski definition) is 1. The quantitative estimate of drug-likeness (QED) is 0.488. The number of pyridine rings is 1. The van der Waals surface area contributed by atoms with Crippen molar-refractivity contribution in [1.29, 1.82) is 0 Å². The molecule has 0 aliphatic heterocycles. The minimum absolute atomic E-state index is 0.0816. The molecule has 0 spiro atoms. The molecule has 1 heterocycles. The maximum Gasteiger partial charge on any atom is 0.387 e. The monoisotopic (exact) mass is 377 g/mol. The molecule has 2 aromatic carbocycles. The van der Waals surface area contributed by atoms with Gasteiger partial charge in [-0.2, -0.15) is 13.9 Å². The summed E-state index contributed by atoms with van der Waals surface area (Å²) in [5.74, 6) is 0.111. The number of methoxy groups -OCH3 is 1. The van der Waals surface area contributed by atoms with E-state index < -0.39 is 6.61 Å². The molecule has 1 aromatic heterocycles. The van der Waals surface area contributed by atoms with Crippen molar-refractivity contribution in [3.05, 3.63) is 59.2 Å². The van der Waals surface area contributed by atoms with Gasteiger partial charge in [0.15, 0.2) is 11.5 Å². The molecule has 0 amide bonds. The van der Waals surface area contributed by atoms with Gasteiger partial charge in [0.2, 0.25) is 0 Å². The molecule has 0 unspecified atom stereocenters. The van der Waals surface area contributed by atoms with Crippen LogP contribution < -0.4 is 14.9 Å². The molecule has 8 heteroatoms. The molecule has 134 valence electrons. The normalized spacial score (nSPS) is 11.3. The average Bonchev–Trinajstić information content (AvgIpc) is 2.62. The van der Waals surface area contributed by atoms with Crippen LogP contribution in [-0.2, 0) is 0 Å². The largest absolute Gasteiger partial charge is 0.493 e. The van der Waals surface area contributed by atoms with E-state index in [0.29, 0.717) is 21.8 Å². The summed E-state index contributed by atoms with van der Waals surface area (Å²) in [5, 5.41) is 5.51. The molecule has 0 bridgehead atoms. The molecular formula is C18H14ClF2N3O2. The summed E-state index contributed by atoms with van der Waals surface area (Å²) in [7, 11) is 1.38. The predicted octanol–water partition coefficient (Wildman–Crippen LogP) is 4.94. The lowest BCUT2D eigenvalue weighted by molar-refractivity contribution is -0.0513. The standard InChI is InChI=1S/C18H14ClF2N3O2/c1-25-16-4-2-3-11(17(16)26-18(20)21)10-23-24-14-7-8-22-15-9-12(19)5-6-13(14)15/h2-10,18H,1H3,(H,22,24)/b23-10-. The highest BCUT2D eigenvalue weighted by molar-refractivity contribution is 6.31. The summed E-state index contributed by atoms with van der Waals surface area (Å²) in [6.07, 6.45) is 3.00. The zero-order valence-corrected chi connectivity index (χ0v) is 14.4. The Hall–Kier alpha value is -2.93. The number of hydrazone groups is 1. The summed E-state index contributed by atoms with van der Waals surface area (Å²) in [6, 6.07) is 11.8. The minimum Gasteiger partial charge on any atom is -0.493 e. The number of fused-ring (bicyclic) bond motifs is 1. The second kappa shape index (κ2) is 7.97. The number of hydrogen-bond acceptors (Lipinski definition) is 5. The Labute approximate surface area is 153 Å². The van der Waals surface area contributed by atoms with Gasteiger partial charge in [-0.25, -0.2) is 0 Å². The summed E-state index contributed by atoms with van der Waals surface area (Å²) < 4.78 is 34.9. The SMILES string of the molecule is COc1cccc(/C=N\Nc2ccnc3cc(Cl)ccc23)c1OC(F)F. The predicted molar refractivity (Wildman–Crippen MR) is 97.6 cm³/mol. The third-order valence-electron chi connectivity index (χ3n) is 3.53. The van der Waals surface area contributed by atoms with Crippen molar-refractivity contribution >= 4 is 34.4 Å². The van der Waals surface area contributed by atoms with Crippen molar-refractivity contribution in [1.82, 2.24) is 4.98 Å². The first kappa shape index (κ1) is 17.9. The van der Waals surface area contributed by atoms with Gasteiger partial charge in [-0.15, -0.1) is 0 Å². The Kier molecular flexibility index (Phi) is 5.48. The first-order valence-electron chi connectivity index (χ1n) is 7.53. The number of benzene rings is 2. The Bertz CT molecular complexity index is 951. The maximum absolute atomic E-state index is 12.7. The highest BCUT2D eigenvalue weighted by atomic mass is 35.5. The molecule has 0 fully saturated rings. The summed E-state index contributed by atoms with van der Waals surface area (Å²) in [6.45, 7) is -2.97. The Morgan fingerprint density at radius 2 is 2.08 bits per heavy atom. The van der Waals surface area contributed by atoms with Gasteiger partial charge in [-0.3, -0.25) is 10.4 Å². The van der Waals surface area contributed by atoms with E-state index in [9.17, 15) is 8.78 Å². The van der Waals surface area contributed by atoms with Gasteiger partial charge in [-0.1, -0.05) is 17.7 Å². The topological polar surface area (TPSA) is 55.7 Å². The zero-order chi connectivity index (χ0) is 18.5. The van der Waals surface area contributed by atoms with E-state index in [1.807, 2.05) is 6.07 Å². The molecule has 0 aliphatic carbocycles. The van der Waals surface area contributed by atoms with Crippen LogP contribution in [-0.4, -0.2) is 24.9 Å². The van der Waals surface area contributed by atoms with Crippen LogP contribution in [0, 0.1) is 0 Å². The lowest BCUT2D eigenvalue weighted by Crippen LogP contribution is -2.06. The lowest BCUT2D eigenvalue weighted by Gasteiger charge is -2.12. The van der Waals surface area contributed by atoms with Crippen molar-refractivity contribution < 1.29 is 18.3 Å². The molecule has 0 aliphatic rings. The lowest BCUT2D eigenvalue weighted by atomic mass is 10.2. The van der Waals surface area contributed by atoms with Gasteiger partial charge in [0.25, 0.3) is 0 Å². The van der Waals surface area contributed by atoms with Gasteiger partial charge in [-0.05, 0) is 36.4 Å². The minimum atomic E-state index is -2.97. The van der Waals surface area contributed by atoms with Crippen molar-refractivity contribution in [3.63, 3.8) is 0 Å². The van der Waals surface area contributed by atoms with Crippen LogP contribution in [0.2, 0.25) is 5.02 Å². The molecule has 3 aromatic rings. The average molecular weight is 378 g/mol. The van der Waals surface area contributed by atoms with Crippen molar-refractivity contribution in [2.45, 2.75) is 6.61 Å². The third-order valence-corrected chi connectivity index (χ3v) is 3.76. The number of halogens is 3. The fourth-order valence-electron chi connectivity index (χ4n) is 2.40. The molecule has 0 radical (unpaired) electrons. The molecule has 3 rings (SSSR count). The van der Waals surface area contributed by atoms with E-state index in [4.69, 9.17) is 16.3 Å². The first-order chi connectivity index (χ1) is 12.6. The first-order valence-corrected chi connectivity index (χ1v) is 7.91. The van der Waals surface area contributed by atoms with Crippen LogP contribution in [0.3, 0.4) is 0 Å². The number of rotatable bonds is 6. The van der Waals surface area contributed by atoms with Crippen LogP contribution >= 0.6 is 11.6 Å². The Balaban J connectivity index is 1.88. The molecule has 1 N–H and O–H groups in total. The Morgan fingerprint density at radius 1 is 1.23 bits per heavy atom. The van der Waals surface area contributed by atoms with E-state index in [1.165, 1.54) is 19.4 Å². The van der Waals surface area contributed by atoms with E-state index in [-0.39, 0.29) is 11.5 Å². The van der Waals surface area contributed by atoms with Gasteiger partial charge < -0.3 is 9.47 Å².